The summed E-state index contributed by atoms with van der Waals surface area (Å²) in [6.45, 7) is 1.96. The quantitative estimate of drug-likeness (QED) is 0.852. The van der Waals surface area contributed by atoms with Crippen molar-refractivity contribution in [1.29, 1.82) is 0 Å². The summed E-state index contributed by atoms with van der Waals surface area (Å²) >= 11 is 1.45. The van der Waals surface area contributed by atoms with Gasteiger partial charge in [0.2, 0.25) is 5.13 Å². The number of benzene rings is 1. The van der Waals surface area contributed by atoms with E-state index in [2.05, 4.69) is 20.8 Å². The van der Waals surface area contributed by atoms with E-state index in [1.54, 1.807) is 7.11 Å². The number of aromatic nitrogens is 2. The molecular formula is C16H20N4O2S. The van der Waals surface area contributed by atoms with Crippen LogP contribution in [0, 0.1) is 0 Å². The number of hydrogen-bond acceptors (Lipinski definition) is 5. The third-order valence-electron chi connectivity index (χ3n) is 3.68. The highest BCUT2D eigenvalue weighted by Crippen LogP contribution is 2.41. The minimum Gasteiger partial charge on any atom is -0.496 e. The van der Waals surface area contributed by atoms with E-state index in [4.69, 9.17) is 4.74 Å². The highest BCUT2D eigenvalue weighted by atomic mass is 32.1. The normalized spacial score (nSPS) is 15.0. The lowest BCUT2D eigenvalue weighted by Crippen LogP contribution is -2.37. The minimum atomic E-state index is -0.258. The van der Waals surface area contributed by atoms with Crippen molar-refractivity contribution in [2.45, 2.75) is 38.1 Å². The van der Waals surface area contributed by atoms with Crippen LogP contribution in [0.3, 0.4) is 0 Å². The molecule has 1 aromatic carbocycles. The first-order chi connectivity index (χ1) is 11.2. The van der Waals surface area contributed by atoms with Gasteiger partial charge in [0.15, 0.2) is 0 Å². The molecule has 3 rings (SSSR count). The molecule has 1 atom stereocenters. The molecule has 0 radical (unpaired) electrons. The summed E-state index contributed by atoms with van der Waals surface area (Å²) in [6, 6.07) is 7.53. The summed E-state index contributed by atoms with van der Waals surface area (Å²) in [5.41, 5.74) is 1.06. The van der Waals surface area contributed by atoms with Crippen molar-refractivity contribution in [2.75, 3.05) is 12.4 Å². The third kappa shape index (κ3) is 4.19. The Morgan fingerprint density at radius 3 is 2.91 bits per heavy atom. The number of carbonyl (C=O) groups is 1. The number of methoxy groups -OCH3 is 1. The monoisotopic (exact) mass is 332 g/mol. The van der Waals surface area contributed by atoms with Crippen LogP contribution in [-0.2, 0) is 6.42 Å². The number of rotatable bonds is 6. The van der Waals surface area contributed by atoms with E-state index in [0.29, 0.717) is 17.5 Å². The molecule has 1 fully saturated rings. The summed E-state index contributed by atoms with van der Waals surface area (Å²) < 4.78 is 5.33. The van der Waals surface area contributed by atoms with Crippen LogP contribution in [-0.4, -0.2) is 29.4 Å². The van der Waals surface area contributed by atoms with Gasteiger partial charge in [0, 0.05) is 12.0 Å². The van der Waals surface area contributed by atoms with Crippen molar-refractivity contribution in [3.05, 3.63) is 34.8 Å². The number of anilines is 1. The van der Waals surface area contributed by atoms with E-state index in [-0.39, 0.29) is 12.1 Å². The molecule has 2 amide bonds. The predicted octanol–water partition coefficient (Wildman–Crippen LogP) is 3.18. The number of nitrogens with zero attached hydrogens (tertiary/aromatic N) is 2. The van der Waals surface area contributed by atoms with Gasteiger partial charge in [-0.05, 0) is 37.8 Å². The molecule has 1 aliphatic rings. The third-order valence-corrected chi connectivity index (χ3v) is 4.68. The van der Waals surface area contributed by atoms with E-state index in [9.17, 15) is 4.79 Å². The SMILES string of the molecule is COc1ccccc1C[C@H](C)NC(=O)Nc1nnc(C2CC2)s1. The largest absolute Gasteiger partial charge is 0.496 e. The van der Waals surface area contributed by atoms with E-state index in [1.807, 2.05) is 31.2 Å². The lowest BCUT2D eigenvalue weighted by Gasteiger charge is -2.15. The van der Waals surface area contributed by atoms with Gasteiger partial charge in [0.25, 0.3) is 0 Å². The maximum absolute atomic E-state index is 12.0. The second kappa shape index (κ2) is 6.95. The fraction of sp³-hybridized carbons (Fsp3) is 0.438. The van der Waals surface area contributed by atoms with Gasteiger partial charge < -0.3 is 10.1 Å². The Morgan fingerprint density at radius 1 is 1.39 bits per heavy atom. The topological polar surface area (TPSA) is 76.1 Å². The van der Waals surface area contributed by atoms with E-state index in [0.717, 1.165) is 16.3 Å². The Morgan fingerprint density at radius 2 is 2.17 bits per heavy atom. The highest BCUT2D eigenvalue weighted by Gasteiger charge is 2.27. The van der Waals surface area contributed by atoms with Gasteiger partial charge in [-0.3, -0.25) is 5.32 Å². The number of para-hydroxylation sites is 1. The van der Waals surface area contributed by atoms with Crippen LogP contribution in [0.2, 0.25) is 0 Å². The molecule has 0 spiro atoms. The molecule has 23 heavy (non-hydrogen) atoms. The van der Waals surface area contributed by atoms with E-state index >= 15 is 0 Å². The van der Waals surface area contributed by atoms with E-state index < -0.39 is 0 Å². The Kier molecular flexibility index (Phi) is 4.76. The Bertz CT molecular complexity index is 684. The van der Waals surface area contributed by atoms with Crippen molar-refractivity contribution in [1.82, 2.24) is 15.5 Å². The number of amides is 2. The molecule has 122 valence electrons. The fourth-order valence-corrected chi connectivity index (χ4v) is 3.30. The summed E-state index contributed by atoms with van der Waals surface area (Å²) in [5, 5.41) is 15.4. The summed E-state index contributed by atoms with van der Waals surface area (Å²) in [4.78, 5) is 12.0. The lowest BCUT2D eigenvalue weighted by atomic mass is 10.1. The van der Waals surface area contributed by atoms with Gasteiger partial charge in [0.1, 0.15) is 10.8 Å². The van der Waals surface area contributed by atoms with Gasteiger partial charge in [0.05, 0.1) is 7.11 Å². The number of hydrogen-bond donors (Lipinski definition) is 2. The zero-order chi connectivity index (χ0) is 16.2. The predicted molar refractivity (Wildman–Crippen MR) is 90.2 cm³/mol. The second-order valence-electron chi connectivity index (χ2n) is 5.74. The molecule has 1 aromatic heterocycles. The van der Waals surface area contributed by atoms with Crippen molar-refractivity contribution in [3.8, 4) is 5.75 Å². The Hall–Kier alpha value is -2.15. The van der Waals surface area contributed by atoms with Crippen LogP contribution < -0.4 is 15.4 Å². The molecule has 0 saturated heterocycles. The first-order valence-electron chi connectivity index (χ1n) is 7.68. The molecule has 2 aromatic rings. The van der Waals surface area contributed by atoms with Crippen molar-refractivity contribution in [3.63, 3.8) is 0 Å². The number of urea groups is 1. The highest BCUT2D eigenvalue weighted by molar-refractivity contribution is 7.15. The Balaban J connectivity index is 1.52. The standard InChI is InChI=1S/C16H20N4O2S/c1-10(9-12-5-3-4-6-13(12)22-2)17-15(21)18-16-20-19-14(23-16)11-7-8-11/h3-6,10-11H,7-9H2,1-2H3,(H2,17,18,20,21)/t10-/m0/s1. The zero-order valence-corrected chi connectivity index (χ0v) is 14.0. The van der Waals surface area contributed by atoms with Gasteiger partial charge in [-0.15, -0.1) is 10.2 Å². The van der Waals surface area contributed by atoms with Crippen LogP contribution in [0.25, 0.3) is 0 Å². The second-order valence-corrected chi connectivity index (χ2v) is 6.74. The van der Waals surface area contributed by atoms with Crippen LogP contribution in [0.5, 0.6) is 5.75 Å². The van der Waals surface area contributed by atoms with E-state index in [1.165, 1.54) is 24.2 Å². The molecule has 0 unspecified atom stereocenters. The molecular weight excluding hydrogens is 312 g/mol. The van der Waals surface area contributed by atoms with Crippen molar-refractivity contribution >= 4 is 22.5 Å². The average Bonchev–Trinajstić information content (AvgIpc) is 3.28. The van der Waals surface area contributed by atoms with Crippen LogP contribution >= 0.6 is 11.3 Å². The van der Waals surface area contributed by atoms with Gasteiger partial charge in [-0.1, -0.05) is 29.5 Å². The maximum Gasteiger partial charge on any atom is 0.321 e. The van der Waals surface area contributed by atoms with Gasteiger partial charge >= 0.3 is 6.03 Å². The number of carbonyl (C=O) groups excluding carboxylic acids is 1. The van der Waals surface area contributed by atoms with Crippen LogP contribution in [0.4, 0.5) is 9.93 Å². The first kappa shape index (κ1) is 15.7. The molecule has 2 N–H and O–H groups in total. The minimum absolute atomic E-state index is 0.0258. The molecule has 0 bridgehead atoms. The summed E-state index contributed by atoms with van der Waals surface area (Å²) in [6.07, 6.45) is 3.05. The molecule has 7 heteroatoms. The molecule has 0 aliphatic heterocycles. The lowest BCUT2D eigenvalue weighted by molar-refractivity contribution is 0.249. The van der Waals surface area contributed by atoms with Crippen molar-refractivity contribution in [2.24, 2.45) is 0 Å². The van der Waals surface area contributed by atoms with Gasteiger partial charge in [-0.2, -0.15) is 0 Å². The number of nitrogens with one attached hydrogen (secondary N) is 2. The molecule has 1 heterocycles. The van der Waals surface area contributed by atoms with Crippen molar-refractivity contribution < 1.29 is 9.53 Å². The maximum atomic E-state index is 12.0. The summed E-state index contributed by atoms with van der Waals surface area (Å²) in [7, 11) is 1.65. The molecule has 1 aliphatic carbocycles. The van der Waals surface area contributed by atoms with Crippen LogP contribution in [0.1, 0.15) is 36.3 Å². The van der Waals surface area contributed by atoms with Gasteiger partial charge in [-0.25, -0.2) is 4.79 Å². The molecule has 1 saturated carbocycles. The first-order valence-corrected chi connectivity index (χ1v) is 8.50. The smallest absolute Gasteiger partial charge is 0.321 e. The van der Waals surface area contributed by atoms with Crippen LogP contribution in [0.15, 0.2) is 24.3 Å². The zero-order valence-electron chi connectivity index (χ0n) is 13.2. The summed E-state index contributed by atoms with van der Waals surface area (Å²) in [5.74, 6) is 1.38. The average molecular weight is 332 g/mol. The number of ether oxygens (including phenoxy) is 1. The molecule has 6 nitrogen and oxygen atoms in total. The fourth-order valence-electron chi connectivity index (χ4n) is 2.39. The Labute approximate surface area is 139 Å².